The van der Waals surface area contributed by atoms with Crippen molar-refractivity contribution in [1.29, 1.82) is 0 Å². The second-order valence-electron chi connectivity index (χ2n) is 5.78. The van der Waals surface area contributed by atoms with Gasteiger partial charge in [-0.15, -0.1) is 0 Å². The van der Waals surface area contributed by atoms with Crippen LogP contribution in [0.15, 0.2) is 0 Å². The average molecular weight is 225 g/mol. The molecule has 0 saturated carbocycles. The van der Waals surface area contributed by atoms with Crippen molar-refractivity contribution in [3.05, 3.63) is 0 Å². The zero-order valence-corrected chi connectivity index (χ0v) is 11.4. The van der Waals surface area contributed by atoms with Gasteiger partial charge in [0.05, 0.1) is 0 Å². The van der Waals surface area contributed by atoms with E-state index in [9.17, 15) is 0 Å². The predicted octanol–water partition coefficient (Wildman–Crippen LogP) is 4.37. The molecule has 1 nitrogen and oxygen atoms in total. The fraction of sp³-hybridized carbons (Fsp3) is 1.00. The van der Waals surface area contributed by atoms with Crippen LogP contribution in [0.5, 0.6) is 0 Å². The maximum absolute atomic E-state index is 3.55. The van der Waals surface area contributed by atoms with Crippen LogP contribution >= 0.6 is 0 Å². The summed E-state index contributed by atoms with van der Waals surface area (Å²) in [5.74, 6) is 1.88. The van der Waals surface area contributed by atoms with Crippen LogP contribution < -0.4 is 5.32 Å². The number of hydrogen-bond donors (Lipinski definition) is 1. The maximum Gasteiger partial charge on any atom is -0.00203 e. The third-order valence-corrected chi connectivity index (χ3v) is 3.88. The first-order valence-corrected chi connectivity index (χ1v) is 7.53. The molecule has 1 heteroatoms. The highest BCUT2D eigenvalue weighted by molar-refractivity contribution is 4.73. The molecule has 96 valence electrons. The first-order chi connectivity index (χ1) is 7.83. The van der Waals surface area contributed by atoms with Crippen LogP contribution in [0, 0.1) is 11.8 Å². The molecular formula is C15H31N. The second-order valence-corrected chi connectivity index (χ2v) is 5.78. The average Bonchev–Trinajstić information content (AvgIpc) is 2.28. The van der Waals surface area contributed by atoms with Crippen molar-refractivity contribution in [2.75, 3.05) is 13.1 Å². The lowest BCUT2D eigenvalue weighted by Crippen LogP contribution is -2.34. The number of nitrogens with one attached hydrogen (secondary N) is 1. The molecular weight excluding hydrogens is 194 g/mol. The summed E-state index contributed by atoms with van der Waals surface area (Å²) in [6, 6.07) is 0. The quantitative estimate of drug-likeness (QED) is 0.605. The fourth-order valence-corrected chi connectivity index (χ4v) is 2.88. The summed E-state index contributed by atoms with van der Waals surface area (Å²) in [6.45, 7) is 7.19. The lowest BCUT2D eigenvalue weighted by Gasteiger charge is -2.27. The van der Waals surface area contributed by atoms with Gasteiger partial charge in [-0.2, -0.15) is 0 Å². The van der Waals surface area contributed by atoms with E-state index in [1.54, 1.807) is 0 Å². The van der Waals surface area contributed by atoms with E-state index in [1.165, 1.54) is 70.9 Å². The SMILES string of the molecule is CCCCCCCCCC1CNCC(C)C1. The first-order valence-electron chi connectivity index (χ1n) is 7.53. The molecule has 0 spiro atoms. The molecule has 0 amide bonds. The number of hydrogen-bond acceptors (Lipinski definition) is 1. The zero-order chi connectivity index (χ0) is 11.6. The summed E-state index contributed by atoms with van der Waals surface area (Å²) in [5.41, 5.74) is 0. The highest BCUT2D eigenvalue weighted by Crippen LogP contribution is 2.21. The van der Waals surface area contributed by atoms with Crippen molar-refractivity contribution in [2.45, 2.75) is 71.6 Å². The maximum atomic E-state index is 3.55. The highest BCUT2D eigenvalue weighted by atomic mass is 14.9. The van der Waals surface area contributed by atoms with Crippen LogP contribution in [0.2, 0.25) is 0 Å². The highest BCUT2D eigenvalue weighted by Gasteiger charge is 2.17. The molecule has 0 radical (unpaired) electrons. The Morgan fingerprint density at radius 3 is 2.31 bits per heavy atom. The predicted molar refractivity (Wildman–Crippen MR) is 72.8 cm³/mol. The summed E-state index contributed by atoms with van der Waals surface area (Å²) in [5, 5.41) is 3.55. The van der Waals surface area contributed by atoms with Gasteiger partial charge >= 0.3 is 0 Å². The summed E-state index contributed by atoms with van der Waals surface area (Å²) < 4.78 is 0. The molecule has 0 aromatic rings. The van der Waals surface area contributed by atoms with E-state index in [1.807, 2.05) is 0 Å². The van der Waals surface area contributed by atoms with Gasteiger partial charge < -0.3 is 5.32 Å². The largest absolute Gasteiger partial charge is 0.316 e. The Labute approximate surface area is 102 Å². The molecule has 0 bridgehead atoms. The molecule has 1 rings (SSSR count). The van der Waals surface area contributed by atoms with Gasteiger partial charge in [0.25, 0.3) is 0 Å². The summed E-state index contributed by atoms with van der Waals surface area (Å²) in [7, 11) is 0. The Morgan fingerprint density at radius 2 is 1.62 bits per heavy atom. The van der Waals surface area contributed by atoms with Crippen LogP contribution in [-0.4, -0.2) is 13.1 Å². The molecule has 0 aromatic heterocycles. The summed E-state index contributed by atoms with van der Waals surface area (Å²) in [4.78, 5) is 0. The lowest BCUT2D eigenvalue weighted by molar-refractivity contribution is 0.282. The van der Waals surface area contributed by atoms with Crippen LogP contribution in [0.3, 0.4) is 0 Å². The Balaban J connectivity index is 1.86. The van der Waals surface area contributed by atoms with Gasteiger partial charge in [0.15, 0.2) is 0 Å². The topological polar surface area (TPSA) is 12.0 Å². The van der Waals surface area contributed by atoms with Crippen LogP contribution in [0.1, 0.15) is 71.6 Å². The van der Waals surface area contributed by atoms with E-state index in [2.05, 4.69) is 19.2 Å². The van der Waals surface area contributed by atoms with Crippen LogP contribution in [0.4, 0.5) is 0 Å². The molecule has 1 heterocycles. The third-order valence-electron chi connectivity index (χ3n) is 3.88. The third kappa shape index (κ3) is 6.52. The van der Waals surface area contributed by atoms with Crippen molar-refractivity contribution < 1.29 is 0 Å². The van der Waals surface area contributed by atoms with Crippen LogP contribution in [-0.2, 0) is 0 Å². The Kier molecular flexibility index (Phi) is 7.92. The Hall–Kier alpha value is -0.0400. The monoisotopic (exact) mass is 225 g/mol. The Bertz CT molecular complexity index is 156. The molecule has 1 fully saturated rings. The standard InChI is InChI=1S/C15H31N/c1-3-4-5-6-7-8-9-10-15-11-14(2)12-16-13-15/h14-16H,3-13H2,1-2H3. The van der Waals surface area contributed by atoms with Gasteiger partial charge in [0.2, 0.25) is 0 Å². The van der Waals surface area contributed by atoms with Gasteiger partial charge in [-0.3, -0.25) is 0 Å². The van der Waals surface area contributed by atoms with Crippen LogP contribution in [0.25, 0.3) is 0 Å². The minimum atomic E-state index is 0.906. The number of unbranched alkanes of at least 4 members (excludes halogenated alkanes) is 6. The molecule has 2 atom stereocenters. The molecule has 0 aliphatic carbocycles. The molecule has 16 heavy (non-hydrogen) atoms. The van der Waals surface area contributed by atoms with Crippen molar-refractivity contribution in [1.82, 2.24) is 5.32 Å². The van der Waals surface area contributed by atoms with Crippen molar-refractivity contribution in [2.24, 2.45) is 11.8 Å². The van der Waals surface area contributed by atoms with Gasteiger partial charge in [-0.1, -0.05) is 58.8 Å². The summed E-state index contributed by atoms with van der Waals surface area (Å²) >= 11 is 0. The summed E-state index contributed by atoms with van der Waals surface area (Å²) in [6.07, 6.45) is 13.0. The van der Waals surface area contributed by atoms with E-state index < -0.39 is 0 Å². The minimum Gasteiger partial charge on any atom is -0.316 e. The lowest BCUT2D eigenvalue weighted by atomic mass is 9.88. The van der Waals surface area contributed by atoms with Gasteiger partial charge in [-0.05, 0) is 37.8 Å². The zero-order valence-electron chi connectivity index (χ0n) is 11.4. The van der Waals surface area contributed by atoms with E-state index in [0.717, 1.165) is 11.8 Å². The normalized spacial score (nSPS) is 25.9. The van der Waals surface area contributed by atoms with Crippen molar-refractivity contribution >= 4 is 0 Å². The van der Waals surface area contributed by atoms with Gasteiger partial charge in [0, 0.05) is 0 Å². The minimum absolute atomic E-state index is 0.906. The fourth-order valence-electron chi connectivity index (χ4n) is 2.88. The molecule has 0 aromatic carbocycles. The molecule has 1 saturated heterocycles. The van der Waals surface area contributed by atoms with E-state index in [4.69, 9.17) is 0 Å². The molecule has 1 aliphatic rings. The van der Waals surface area contributed by atoms with E-state index in [-0.39, 0.29) is 0 Å². The smallest absolute Gasteiger partial charge is 0.00203 e. The first kappa shape index (κ1) is 14.0. The van der Waals surface area contributed by atoms with Gasteiger partial charge in [0.1, 0.15) is 0 Å². The number of piperidine rings is 1. The van der Waals surface area contributed by atoms with Crippen molar-refractivity contribution in [3.8, 4) is 0 Å². The molecule has 1 aliphatic heterocycles. The van der Waals surface area contributed by atoms with Gasteiger partial charge in [-0.25, -0.2) is 0 Å². The van der Waals surface area contributed by atoms with E-state index >= 15 is 0 Å². The van der Waals surface area contributed by atoms with E-state index in [0.29, 0.717) is 0 Å². The molecule has 1 N–H and O–H groups in total. The Morgan fingerprint density at radius 1 is 0.938 bits per heavy atom. The second kappa shape index (κ2) is 9.04. The van der Waals surface area contributed by atoms with Crippen molar-refractivity contribution in [3.63, 3.8) is 0 Å². The number of rotatable bonds is 8. The molecule has 2 unspecified atom stereocenters.